The third-order valence-electron chi connectivity index (χ3n) is 2.00. The van der Waals surface area contributed by atoms with E-state index in [2.05, 4.69) is 20.1 Å². The van der Waals surface area contributed by atoms with Crippen LogP contribution in [0.15, 0.2) is 24.3 Å². The highest BCUT2D eigenvalue weighted by molar-refractivity contribution is 5.90. The second-order valence-electron chi connectivity index (χ2n) is 4.12. The van der Waals surface area contributed by atoms with Gasteiger partial charge in [0.05, 0.1) is 6.61 Å². The zero-order chi connectivity index (χ0) is 14.6. The Balaban J connectivity index is 0. The molecule has 4 heteroatoms. The molecule has 0 atom stereocenters. The van der Waals surface area contributed by atoms with Crippen LogP contribution in [0.3, 0.4) is 0 Å². The average molecular weight is 255 g/mol. The zero-order valence-electron chi connectivity index (χ0n) is 11.8. The second kappa shape index (κ2) is 11.9. The Morgan fingerprint density at radius 1 is 1.06 bits per heavy atom. The van der Waals surface area contributed by atoms with Crippen LogP contribution in [0.1, 0.15) is 46.5 Å². The number of carbonyl (C=O) groups is 2. The highest BCUT2D eigenvalue weighted by Gasteiger charge is 2.00. The summed E-state index contributed by atoms with van der Waals surface area (Å²) in [5, 5.41) is 0. The van der Waals surface area contributed by atoms with Gasteiger partial charge in [-0.2, -0.15) is 0 Å². The molecule has 0 aliphatic heterocycles. The van der Waals surface area contributed by atoms with Gasteiger partial charge in [0, 0.05) is 11.1 Å². The highest BCUT2D eigenvalue weighted by atomic mass is 16.5. The molecular formula is C14H25NO3. The number of primary amides is 1. The standard InChI is InChI=1S/C10H18O2.C4H7NO/c1-4-5-6-7-8-12-10(11)9(2)3;1-3(2)4(5)6/h2,4-8H2,1,3H3;1H2,2H3,(H2,5,6). The van der Waals surface area contributed by atoms with Crippen molar-refractivity contribution in [2.75, 3.05) is 6.61 Å². The van der Waals surface area contributed by atoms with Crippen LogP contribution in [0.2, 0.25) is 0 Å². The number of esters is 1. The molecule has 0 heterocycles. The van der Waals surface area contributed by atoms with Crippen molar-refractivity contribution in [1.82, 2.24) is 0 Å². The van der Waals surface area contributed by atoms with E-state index in [1.165, 1.54) is 12.8 Å². The number of nitrogens with two attached hydrogens (primary N) is 1. The van der Waals surface area contributed by atoms with Gasteiger partial charge in [0.25, 0.3) is 0 Å². The summed E-state index contributed by atoms with van der Waals surface area (Å²) < 4.78 is 4.91. The maximum Gasteiger partial charge on any atom is 0.333 e. The summed E-state index contributed by atoms with van der Waals surface area (Å²) in [6, 6.07) is 0. The van der Waals surface area contributed by atoms with Gasteiger partial charge in [-0.05, 0) is 20.3 Å². The Kier molecular flexibility index (Phi) is 12.4. The lowest BCUT2D eigenvalue weighted by Gasteiger charge is -2.02. The minimum absolute atomic E-state index is 0.272. The molecule has 0 fully saturated rings. The fourth-order valence-electron chi connectivity index (χ4n) is 0.817. The normalized spacial score (nSPS) is 8.83. The lowest BCUT2D eigenvalue weighted by atomic mass is 10.2. The lowest BCUT2D eigenvalue weighted by Crippen LogP contribution is -2.10. The SMILES string of the molecule is C=C(C)C(=O)OCCCCCC.C=C(C)C(N)=O. The monoisotopic (exact) mass is 255 g/mol. The summed E-state index contributed by atoms with van der Waals surface area (Å²) in [6.07, 6.45) is 4.52. The van der Waals surface area contributed by atoms with Crippen molar-refractivity contribution in [2.24, 2.45) is 5.73 Å². The smallest absolute Gasteiger partial charge is 0.333 e. The molecule has 1 amide bonds. The molecule has 4 nitrogen and oxygen atoms in total. The van der Waals surface area contributed by atoms with Crippen LogP contribution in [0.4, 0.5) is 0 Å². The van der Waals surface area contributed by atoms with E-state index in [-0.39, 0.29) is 5.97 Å². The van der Waals surface area contributed by atoms with Crippen LogP contribution < -0.4 is 5.73 Å². The van der Waals surface area contributed by atoms with Gasteiger partial charge in [-0.25, -0.2) is 4.79 Å². The molecule has 104 valence electrons. The number of carbonyl (C=O) groups excluding carboxylic acids is 2. The maximum atomic E-state index is 10.9. The van der Waals surface area contributed by atoms with Gasteiger partial charge in [-0.1, -0.05) is 39.3 Å². The second-order valence-corrected chi connectivity index (χ2v) is 4.12. The number of hydrogen-bond donors (Lipinski definition) is 1. The Labute approximate surface area is 110 Å². The van der Waals surface area contributed by atoms with Crippen LogP contribution in [0, 0.1) is 0 Å². The van der Waals surface area contributed by atoms with Gasteiger partial charge >= 0.3 is 5.97 Å². The maximum absolute atomic E-state index is 10.9. The Bertz CT molecular complexity index is 283. The quantitative estimate of drug-likeness (QED) is 0.432. The van der Waals surface area contributed by atoms with Gasteiger partial charge in [0.15, 0.2) is 0 Å². The molecule has 18 heavy (non-hydrogen) atoms. The molecular weight excluding hydrogens is 230 g/mol. The minimum atomic E-state index is -0.435. The first kappa shape index (κ1) is 18.8. The molecule has 0 aliphatic rings. The number of ether oxygens (including phenoxy) is 1. The highest BCUT2D eigenvalue weighted by Crippen LogP contribution is 2.00. The topological polar surface area (TPSA) is 69.4 Å². The average Bonchev–Trinajstić information content (AvgIpc) is 2.29. The molecule has 0 saturated heterocycles. The Morgan fingerprint density at radius 2 is 1.56 bits per heavy atom. The predicted molar refractivity (Wildman–Crippen MR) is 73.9 cm³/mol. The first-order chi connectivity index (χ1) is 8.32. The molecule has 0 aliphatic carbocycles. The van der Waals surface area contributed by atoms with Crippen molar-refractivity contribution in [3.05, 3.63) is 24.3 Å². The Morgan fingerprint density at radius 3 is 1.89 bits per heavy atom. The molecule has 0 saturated carbocycles. The van der Waals surface area contributed by atoms with E-state index in [4.69, 9.17) is 10.5 Å². The molecule has 0 aromatic heterocycles. The van der Waals surface area contributed by atoms with Crippen LogP contribution in [0.25, 0.3) is 0 Å². The zero-order valence-corrected chi connectivity index (χ0v) is 11.8. The predicted octanol–water partition coefficient (Wildman–Crippen LogP) is 2.73. The molecule has 0 rings (SSSR count). The van der Waals surface area contributed by atoms with Gasteiger partial charge in [0.1, 0.15) is 0 Å². The summed E-state index contributed by atoms with van der Waals surface area (Å²) in [5.41, 5.74) is 5.57. The van der Waals surface area contributed by atoms with Crippen LogP contribution in [-0.2, 0) is 14.3 Å². The summed E-state index contributed by atoms with van der Waals surface area (Å²) in [7, 11) is 0. The van der Waals surface area contributed by atoms with Gasteiger partial charge in [-0.3, -0.25) is 4.79 Å². The number of hydrogen-bond acceptors (Lipinski definition) is 3. The largest absolute Gasteiger partial charge is 0.462 e. The van der Waals surface area contributed by atoms with Gasteiger partial charge in [-0.15, -0.1) is 0 Å². The third-order valence-corrected chi connectivity index (χ3v) is 2.00. The molecule has 0 bridgehead atoms. The van der Waals surface area contributed by atoms with E-state index in [0.717, 1.165) is 12.8 Å². The van der Waals surface area contributed by atoms with E-state index in [0.29, 0.717) is 17.8 Å². The van der Waals surface area contributed by atoms with Crippen molar-refractivity contribution in [2.45, 2.75) is 46.5 Å². The summed E-state index contributed by atoms with van der Waals surface area (Å²) in [4.78, 5) is 20.7. The van der Waals surface area contributed by atoms with E-state index >= 15 is 0 Å². The van der Waals surface area contributed by atoms with Crippen molar-refractivity contribution in [3.63, 3.8) is 0 Å². The number of amides is 1. The number of unbranched alkanes of at least 4 members (excludes halogenated alkanes) is 3. The number of rotatable bonds is 7. The van der Waals surface area contributed by atoms with Crippen LogP contribution in [0.5, 0.6) is 0 Å². The van der Waals surface area contributed by atoms with Gasteiger partial charge in [0.2, 0.25) is 5.91 Å². The van der Waals surface area contributed by atoms with Crippen molar-refractivity contribution in [1.29, 1.82) is 0 Å². The fourth-order valence-corrected chi connectivity index (χ4v) is 0.817. The third kappa shape index (κ3) is 14.4. The Hall–Kier alpha value is -1.58. The molecule has 0 aromatic rings. The first-order valence-corrected chi connectivity index (χ1v) is 6.10. The van der Waals surface area contributed by atoms with E-state index < -0.39 is 5.91 Å². The molecule has 2 N–H and O–H groups in total. The summed E-state index contributed by atoms with van der Waals surface area (Å²) >= 11 is 0. The molecule has 0 radical (unpaired) electrons. The molecule has 0 unspecified atom stereocenters. The minimum Gasteiger partial charge on any atom is -0.462 e. The van der Waals surface area contributed by atoms with E-state index in [9.17, 15) is 9.59 Å². The van der Waals surface area contributed by atoms with Gasteiger partial charge < -0.3 is 10.5 Å². The first-order valence-electron chi connectivity index (χ1n) is 6.10. The summed E-state index contributed by atoms with van der Waals surface area (Å²) in [5.74, 6) is -0.707. The lowest BCUT2D eigenvalue weighted by molar-refractivity contribution is -0.139. The van der Waals surface area contributed by atoms with Crippen LogP contribution in [-0.4, -0.2) is 18.5 Å². The summed E-state index contributed by atoms with van der Waals surface area (Å²) in [6.45, 7) is 12.7. The molecule has 0 spiro atoms. The molecule has 0 aromatic carbocycles. The van der Waals surface area contributed by atoms with E-state index in [1.807, 2.05) is 0 Å². The van der Waals surface area contributed by atoms with Crippen LogP contribution >= 0.6 is 0 Å². The van der Waals surface area contributed by atoms with Crippen molar-refractivity contribution in [3.8, 4) is 0 Å². The van der Waals surface area contributed by atoms with Crippen molar-refractivity contribution >= 4 is 11.9 Å². The van der Waals surface area contributed by atoms with Crippen molar-refractivity contribution < 1.29 is 14.3 Å². The fraction of sp³-hybridized carbons (Fsp3) is 0.571. The van der Waals surface area contributed by atoms with E-state index in [1.54, 1.807) is 13.8 Å².